The standard InChI is InChI=1S/C19H21NO6/c1-23-15-9-6-10-16(24-2)18(15)19(22)26-13-17(21)20-11-12-25-14-7-4-3-5-8-14/h3-10H,11-13H2,1-2H3,(H,20,21). The number of methoxy groups -OCH3 is 2. The van der Waals surface area contributed by atoms with Gasteiger partial charge in [-0.3, -0.25) is 4.79 Å². The molecule has 1 N–H and O–H groups in total. The van der Waals surface area contributed by atoms with Gasteiger partial charge in [-0.2, -0.15) is 0 Å². The minimum Gasteiger partial charge on any atom is -0.496 e. The molecule has 0 fully saturated rings. The van der Waals surface area contributed by atoms with Gasteiger partial charge < -0.3 is 24.3 Å². The first-order chi connectivity index (χ1) is 12.7. The van der Waals surface area contributed by atoms with Gasteiger partial charge in [-0.25, -0.2) is 4.79 Å². The summed E-state index contributed by atoms with van der Waals surface area (Å²) in [5.41, 5.74) is 0.137. The highest BCUT2D eigenvalue weighted by atomic mass is 16.5. The highest BCUT2D eigenvalue weighted by Crippen LogP contribution is 2.28. The maximum atomic E-state index is 12.2. The summed E-state index contributed by atoms with van der Waals surface area (Å²) in [6.07, 6.45) is 0. The van der Waals surface area contributed by atoms with Crippen molar-refractivity contribution < 1.29 is 28.5 Å². The van der Waals surface area contributed by atoms with E-state index >= 15 is 0 Å². The van der Waals surface area contributed by atoms with E-state index in [1.54, 1.807) is 18.2 Å². The average Bonchev–Trinajstić information content (AvgIpc) is 2.69. The second-order valence-electron chi connectivity index (χ2n) is 5.13. The number of para-hydroxylation sites is 1. The molecule has 138 valence electrons. The molecule has 0 atom stereocenters. The van der Waals surface area contributed by atoms with Crippen LogP contribution < -0.4 is 19.5 Å². The molecule has 7 nitrogen and oxygen atoms in total. The van der Waals surface area contributed by atoms with Crippen LogP contribution in [0.2, 0.25) is 0 Å². The number of esters is 1. The lowest BCUT2D eigenvalue weighted by atomic mass is 10.2. The monoisotopic (exact) mass is 359 g/mol. The molecule has 1 amide bonds. The van der Waals surface area contributed by atoms with Gasteiger partial charge in [0, 0.05) is 0 Å². The molecule has 0 aliphatic carbocycles. The first-order valence-corrected chi connectivity index (χ1v) is 7.98. The van der Waals surface area contributed by atoms with E-state index in [0.717, 1.165) is 5.75 Å². The number of hydrogen-bond acceptors (Lipinski definition) is 6. The van der Waals surface area contributed by atoms with Crippen LogP contribution in [0.3, 0.4) is 0 Å². The molecule has 2 rings (SSSR count). The Morgan fingerprint density at radius 1 is 0.923 bits per heavy atom. The molecule has 0 saturated carbocycles. The molecule has 0 unspecified atom stereocenters. The lowest BCUT2D eigenvalue weighted by Gasteiger charge is -2.12. The Labute approximate surface area is 151 Å². The van der Waals surface area contributed by atoms with Crippen molar-refractivity contribution in [2.45, 2.75) is 0 Å². The van der Waals surface area contributed by atoms with Gasteiger partial charge in [-0.15, -0.1) is 0 Å². The molecule has 0 bridgehead atoms. The zero-order chi connectivity index (χ0) is 18.8. The predicted molar refractivity (Wildman–Crippen MR) is 94.8 cm³/mol. The molecule has 2 aromatic rings. The smallest absolute Gasteiger partial charge is 0.346 e. The van der Waals surface area contributed by atoms with Gasteiger partial charge >= 0.3 is 5.97 Å². The molecule has 2 aromatic carbocycles. The van der Waals surface area contributed by atoms with E-state index < -0.39 is 18.5 Å². The van der Waals surface area contributed by atoms with Crippen LogP contribution in [0.15, 0.2) is 48.5 Å². The van der Waals surface area contributed by atoms with Crippen LogP contribution in [-0.2, 0) is 9.53 Å². The van der Waals surface area contributed by atoms with Crippen molar-refractivity contribution >= 4 is 11.9 Å². The van der Waals surface area contributed by atoms with Crippen LogP contribution in [0.5, 0.6) is 17.2 Å². The van der Waals surface area contributed by atoms with Gasteiger partial charge in [0.15, 0.2) is 6.61 Å². The number of amides is 1. The molecule has 0 heterocycles. The lowest BCUT2D eigenvalue weighted by molar-refractivity contribution is -0.124. The van der Waals surface area contributed by atoms with Crippen molar-refractivity contribution in [3.63, 3.8) is 0 Å². The highest BCUT2D eigenvalue weighted by molar-refractivity contribution is 5.96. The zero-order valence-corrected chi connectivity index (χ0v) is 14.7. The molecule has 0 aliphatic rings. The number of carbonyl (C=O) groups is 2. The van der Waals surface area contributed by atoms with Crippen LogP contribution in [0.25, 0.3) is 0 Å². The van der Waals surface area contributed by atoms with E-state index in [0.29, 0.717) is 24.7 Å². The summed E-state index contributed by atoms with van der Waals surface area (Å²) in [6, 6.07) is 14.2. The van der Waals surface area contributed by atoms with Crippen LogP contribution in [0.4, 0.5) is 0 Å². The van der Waals surface area contributed by atoms with Crippen molar-refractivity contribution in [1.29, 1.82) is 0 Å². The van der Waals surface area contributed by atoms with Crippen LogP contribution in [0, 0.1) is 0 Å². The zero-order valence-electron chi connectivity index (χ0n) is 14.7. The summed E-state index contributed by atoms with van der Waals surface area (Å²) in [4.78, 5) is 24.0. The Balaban J connectivity index is 1.77. The van der Waals surface area contributed by atoms with E-state index in [9.17, 15) is 9.59 Å². The minimum atomic E-state index is -0.699. The molecule has 0 aromatic heterocycles. The summed E-state index contributed by atoms with van der Waals surface area (Å²) in [6.45, 7) is 0.193. The number of ether oxygens (including phenoxy) is 4. The van der Waals surface area contributed by atoms with Gasteiger partial charge in [0.1, 0.15) is 29.4 Å². The topological polar surface area (TPSA) is 83.1 Å². The molecular formula is C19H21NO6. The fraction of sp³-hybridized carbons (Fsp3) is 0.263. The number of benzene rings is 2. The quantitative estimate of drug-likeness (QED) is 0.545. The third-order valence-electron chi connectivity index (χ3n) is 3.40. The van der Waals surface area contributed by atoms with Crippen LogP contribution >= 0.6 is 0 Å². The fourth-order valence-electron chi connectivity index (χ4n) is 2.18. The van der Waals surface area contributed by atoms with E-state index in [1.807, 2.05) is 30.3 Å². The molecule has 0 radical (unpaired) electrons. The van der Waals surface area contributed by atoms with E-state index in [-0.39, 0.29) is 5.56 Å². The van der Waals surface area contributed by atoms with Crippen molar-refractivity contribution in [3.05, 3.63) is 54.1 Å². The van der Waals surface area contributed by atoms with Gasteiger partial charge in [0.25, 0.3) is 5.91 Å². The third-order valence-corrected chi connectivity index (χ3v) is 3.40. The molecule has 7 heteroatoms. The number of rotatable bonds is 9. The summed E-state index contributed by atoms with van der Waals surface area (Å²) in [5, 5.41) is 2.61. The lowest BCUT2D eigenvalue weighted by Crippen LogP contribution is -2.32. The van der Waals surface area contributed by atoms with E-state index in [4.69, 9.17) is 18.9 Å². The van der Waals surface area contributed by atoms with Crippen molar-refractivity contribution in [2.24, 2.45) is 0 Å². The van der Waals surface area contributed by atoms with Gasteiger partial charge in [0.2, 0.25) is 0 Å². The van der Waals surface area contributed by atoms with Crippen LogP contribution in [0.1, 0.15) is 10.4 Å². The van der Waals surface area contributed by atoms with Gasteiger partial charge in [-0.05, 0) is 24.3 Å². The number of hydrogen-bond donors (Lipinski definition) is 1. The normalized spacial score (nSPS) is 9.92. The van der Waals surface area contributed by atoms with Gasteiger partial charge in [-0.1, -0.05) is 24.3 Å². The maximum Gasteiger partial charge on any atom is 0.346 e. The summed E-state index contributed by atoms with van der Waals surface area (Å²) < 4.78 is 20.8. The molecule has 0 spiro atoms. The summed E-state index contributed by atoms with van der Waals surface area (Å²) in [7, 11) is 2.87. The third kappa shape index (κ3) is 5.41. The second-order valence-corrected chi connectivity index (χ2v) is 5.13. The first kappa shape index (κ1) is 19.1. The van der Waals surface area contributed by atoms with Crippen molar-refractivity contribution in [2.75, 3.05) is 34.0 Å². The fourth-order valence-corrected chi connectivity index (χ4v) is 2.18. The van der Waals surface area contributed by atoms with Crippen molar-refractivity contribution in [3.8, 4) is 17.2 Å². The van der Waals surface area contributed by atoms with Crippen molar-refractivity contribution in [1.82, 2.24) is 5.32 Å². The van der Waals surface area contributed by atoms with Crippen LogP contribution in [-0.4, -0.2) is 45.9 Å². The second kappa shape index (κ2) is 9.93. The van der Waals surface area contributed by atoms with Gasteiger partial charge in [0.05, 0.1) is 20.8 Å². The molecule has 0 saturated heterocycles. The Kier molecular flexibility index (Phi) is 7.30. The maximum absolute atomic E-state index is 12.2. The Hall–Kier alpha value is -3.22. The first-order valence-electron chi connectivity index (χ1n) is 7.98. The minimum absolute atomic E-state index is 0.137. The molecule has 0 aliphatic heterocycles. The Bertz CT molecular complexity index is 710. The molecule has 26 heavy (non-hydrogen) atoms. The Morgan fingerprint density at radius 3 is 2.19 bits per heavy atom. The SMILES string of the molecule is COc1cccc(OC)c1C(=O)OCC(=O)NCCOc1ccccc1. The number of carbonyl (C=O) groups excluding carboxylic acids is 2. The number of nitrogens with one attached hydrogen (secondary N) is 1. The van der Waals surface area contributed by atoms with E-state index in [2.05, 4.69) is 5.32 Å². The largest absolute Gasteiger partial charge is 0.496 e. The van der Waals surface area contributed by atoms with E-state index in [1.165, 1.54) is 14.2 Å². The Morgan fingerprint density at radius 2 is 1.58 bits per heavy atom. The summed E-state index contributed by atoms with van der Waals surface area (Å²) in [5.74, 6) is 0.215. The average molecular weight is 359 g/mol. The summed E-state index contributed by atoms with van der Waals surface area (Å²) >= 11 is 0. The highest BCUT2D eigenvalue weighted by Gasteiger charge is 2.20. The predicted octanol–water partition coefficient (Wildman–Crippen LogP) is 2.06. The molecular weight excluding hydrogens is 338 g/mol.